The van der Waals surface area contributed by atoms with E-state index in [1.807, 2.05) is 0 Å². The molecule has 2 aliphatic carbocycles. The summed E-state index contributed by atoms with van der Waals surface area (Å²) < 4.78 is 58.7. The quantitative estimate of drug-likeness (QED) is 0.204. The second kappa shape index (κ2) is 10.5. The molecule has 4 unspecified atom stereocenters. The van der Waals surface area contributed by atoms with Crippen LogP contribution in [0.15, 0.2) is 12.2 Å². The fourth-order valence-corrected chi connectivity index (χ4v) is 3.81. The van der Waals surface area contributed by atoms with Gasteiger partial charge in [-0.15, -0.1) is 0 Å². The van der Waals surface area contributed by atoms with E-state index in [0.29, 0.717) is 17.8 Å². The number of ether oxygens (including phenoxy) is 2. The number of hydrogen-bond donors (Lipinski definition) is 2. The normalized spacial score (nSPS) is 26.2. The molecule has 2 fully saturated rings. The molecule has 2 rings (SSSR count). The third-order valence-electron chi connectivity index (χ3n) is 5.26. The molecule has 0 amide bonds. The number of hydrogen-bond acceptors (Lipinski definition) is 6. The molecule has 0 heterocycles. The molecule has 4 atom stereocenters. The number of thiol groups is 1. The SMILES string of the molecule is C=C(COCCC(F)(F)C(F)(F)S)C(=O)OC.N#CC1C2CCC(C2)C1CN. The smallest absolute Gasteiger partial charge is 0.353 e. The van der Waals surface area contributed by atoms with Crippen molar-refractivity contribution in [3.63, 3.8) is 0 Å². The first kappa shape index (κ1) is 24.7. The number of rotatable bonds is 8. The van der Waals surface area contributed by atoms with E-state index in [1.54, 1.807) is 0 Å². The van der Waals surface area contributed by atoms with E-state index >= 15 is 0 Å². The van der Waals surface area contributed by atoms with Crippen LogP contribution in [0.2, 0.25) is 0 Å². The van der Waals surface area contributed by atoms with E-state index in [1.165, 1.54) is 19.3 Å². The van der Waals surface area contributed by atoms with Crippen LogP contribution in [0.4, 0.5) is 17.6 Å². The van der Waals surface area contributed by atoms with Crippen molar-refractivity contribution in [2.45, 2.75) is 36.9 Å². The Balaban J connectivity index is 0.000000302. The Morgan fingerprint density at radius 2 is 1.93 bits per heavy atom. The molecule has 0 saturated heterocycles. The summed E-state index contributed by atoms with van der Waals surface area (Å²) in [5.41, 5.74) is 5.55. The maximum absolute atomic E-state index is 12.7. The molecule has 5 nitrogen and oxygen atoms in total. The van der Waals surface area contributed by atoms with Crippen LogP contribution in [0.25, 0.3) is 0 Å². The second-order valence-electron chi connectivity index (χ2n) is 7.03. The highest BCUT2D eigenvalue weighted by Crippen LogP contribution is 2.51. The van der Waals surface area contributed by atoms with Crippen molar-refractivity contribution in [2.75, 3.05) is 26.9 Å². The second-order valence-corrected chi connectivity index (χ2v) is 7.59. The monoisotopic (exact) mass is 426 g/mol. The predicted molar refractivity (Wildman–Crippen MR) is 98.0 cm³/mol. The number of esters is 1. The van der Waals surface area contributed by atoms with Gasteiger partial charge in [0, 0.05) is 6.42 Å². The van der Waals surface area contributed by atoms with Crippen molar-refractivity contribution >= 4 is 18.6 Å². The zero-order valence-corrected chi connectivity index (χ0v) is 16.6. The number of carbonyl (C=O) groups is 1. The van der Waals surface area contributed by atoms with Crippen molar-refractivity contribution in [1.29, 1.82) is 5.26 Å². The average molecular weight is 426 g/mol. The van der Waals surface area contributed by atoms with Gasteiger partial charge in [-0.05, 0) is 43.6 Å². The number of carbonyl (C=O) groups excluding carboxylic acids is 1. The Kier molecular flexibility index (Phi) is 9.24. The number of fused-ring (bicyclic) bond motifs is 2. The summed E-state index contributed by atoms with van der Waals surface area (Å²) >= 11 is 2.50. The van der Waals surface area contributed by atoms with Gasteiger partial charge in [-0.2, -0.15) is 22.8 Å². The zero-order chi connectivity index (χ0) is 21.5. The molecule has 10 heteroatoms. The summed E-state index contributed by atoms with van der Waals surface area (Å²) in [5.74, 6) is -2.73. The fraction of sp³-hybridized carbons (Fsp3) is 0.778. The molecule has 0 radical (unpaired) electrons. The Hall–Kier alpha value is -1.31. The lowest BCUT2D eigenvalue weighted by molar-refractivity contribution is -0.161. The van der Waals surface area contributed by atoms with Crippen LogP contribution in [-0.2, 0) is 14.3 Å². The molecule has 2 aliphatic rings. The van der Waals surface area contributed by atoms with Crippen molar-refractivity contribution in [3.8, 4) is 6.07 Å². The highest BCUT2D eigenvalue weighted by atomic mass is 32.1. The van der Waals surface area contributed by atoms with Crippen molar-refractivity contribution in [3.05, 3.63) is 12.2 Å². The minimum absolute atomic E-state index is 0.0894. The third kappa shape index (κ3) is 6.36. The van der Waals surface area contributed by atoms with E-state index in [2.05, 4.69) is 34.8 Å². The molecular formula is C18H26F4N2O3S. The van der Waals surface area contributed by atoms with Gasteiger partial charge in [0.1, 0.15) is 0 Å². The highest BCUT2D eigenvalue weighted by molar-refractivity contribution is 7.81. The highest BCUT2D eigenvalue weighted by Gasteiger charge is 2.52. The average Bonchev–Trinajstić information content (AvgIpc) is 3.24. The summed E-state index contributed by atoms with van der Waals surface area (Å²) in [7, 11) is 1.11. The minimum atomic E-state index is -4.41. The summed E-state index contributed by atoms with van der Waals surface area (Å²) in [5, 5.41) is 4.48. The Morgan fingerprint density at radius 1 is 1.32 bits per heavy atom. The lowest BCUT2D eigenvalue weighted by atomic mass is 9.80. The topological polar surface area (TPSA) is 85.3 Å². The predicted octanol–water partition coefficient (Wildman–Crippen LogP) is 3.41. The molecular weight excluding hydrogens is 400 g/mol. The number of methoxy groups -OCH3 is 1. The van der Waals surface area contributed by atoms with Crippen LogP contribution < -0.4 is 5.73 Å². The summed E-state index contributed by atoms with van der Waals surface area (Å²) in [6.45, 7) is 2.97. The van der Waals surface area contributed by atoms with Crippen molar-refractivity contribution in [1.82, 2.24) is 0 Å². The van der Waals surface area contributed by atoms with Gasteiger partial charge in [0.25, 0.3) is 0 Å². The maximum Gasteiger partial charge on any atom is 0.353 e. The zero-order valence-electron chi connectivity index (χ0n) is 15.7. The first-order chi connectivity index (χ1) is 13.0. The van der Waals surface area contributed by atoms with Crippen LogP contribution >= 0.6 is 12.6 Å². The molecule has 0 aliphatic heterocycles. The molecule has 2 bridgehead atoms. The number of nitriles is 1. The van der Waals surface area contributed by atoms with Crippen LogP contribution in [0.3, 0.4) is 0 Å². The van der Waals surface area contributed by atoms with Crippen molar-refractivity contribution < 1.29 is 31.8 Å². The maximum atomic E-state index is 12.7. The van der Waals surface area contributed by atoms with E-state index in [4.69, 9.17) is 11.0 Å². The summed E-state index contributed by atoms with van der Waals surface area (Å²) in [6.07, 6.45) is 2.67. The van der Waals surface area contributed by atoms with Crippen LogP contribution in [-0.4, -0.2) is 44.0 Å². The number of alkyl halides is 4. The molecule has 28 heavy (non-hydrogen) atoms. The Bertz CT molecular complexity index is 592. The fourth-order valence-electron chi connectivity index (χ4n) is 3.70. The molecule has 2 N–H and O–H groups in total. The number of nitrogens with two attached hydrogens (primary N) is 1. The molecule has 160 valence electrons. The number of halogens is 4. The lowest BCUT2D eigenvalue weighted by Gasteiger charge is -2.24. The van der Waals surface area contributed by atoms with Gasteiger partial charge < -0.3 is 15.2 Å². The van der Waals surface area contributed by atoms with Gasteiger partial charge in [-0.25, -0.2) is 4.79 Å². The molecule has 0 aromatic carbocycles. The first-order valence-electron chi connectivity index (χ1n) is 8.90. The van der Waals surface area contributed by atoms with Gasteiger partial charge >= 0.3 is 17.1 Å². The van der Waals surface area contributed by atoms with E-state index in [9.17, 15) is 22.4 Å². The Labute approximate surface area is 167 Å². The van der Waals surface area contributed by atoms with Gasteiger partial charge in [-0.1, -0.05) is 19.2 Å². The van der Waals surface area contributed by atoms with E-state index in [-0.39, 0.29) is 12.2 Å². The molecule has 0 aromatic heterocycles. The van der Waals surface area contributed by atoms with Crippen molar-refractivity contribution in [2.24, 2.45) is 29.4 Å². The summed E-state index contributed by atoms with van der Waals surface area (Å²) in [4.78, 5) is 10.8. The Morgan fingerprint density at radius 3 is 2.39 bits per heavy atom. The standard InChI is InChI=1S/C9H12F4O3S.C9H14N2/c1-6(7(14)15-2)5-16-4-3-8(10,11)9(12,13)17;10-4-8-6-1-2-7(3-6)9(8)5-11/h17H,1,3-5H2,2H3;6-9H,1-4,10H2. The van der Waals surface area contributed by atoms with Gasteiger partial charge in [0.05, 0.1) is 37.9 Å². The third-order valence-corrected chi connectivity index (χ3v) is 5.59. The largest absolute Gasteiger partial charge is 0.466 e. The number of nitrogens with zero attached hydrogens (tertiary/aromatic N) is 1. The minimum Gasteiger partial charge on any atom is -0.466 e. The molecule has 0 spiro atoms. The van der Waals surface area contributed by atoms with E-state index in [0.717, 1.165) is 19.6 Å². The van der Waals surface area contributed by atoms with Gasteiger partial charge in [0.15, 0.2) is 0 Å². The lowest BCUT2D eigenvalue weighted by Crippen LogP contribution is -2.36. The molecule has 2 saturated carbocycles. The van der Waals surface area contributed by atoms with Gasteiger partial charge in [0.2, 0.25) is 0 Å². The molecule has 0 aromatic rings. The summed E-state index contributed by atoms with van der Waals surface area (Å²) in [6, 6.07) is 2.42. The van der Waals surface area contributed by atoms with Crippen LogP contribution in [0.5, 0.6) is 0 Å². The first-order valence-corrected chi connectivity index (χ1v) is 9.34. The van der Waals surface area contributed by atoms with E-state index < -0.39 is 30.2 Å². The van der Waals surface area contributed by atoms with Crippen LogP contribution in [0, 0.1) is 35.0 Å². The van der Waals surface area contributed by atoms with Gasteiger partial charge in [-0.3, -0.25) is 0 Å². The van der Waals surface area contributed by atoms with Crippen LogP contribution in [0.1, 0.15) is 25.7 Å².